The number of nitrogens with zero attached hydrogens (tertiary/aromatic N) is 3. The van der Waals surface area contributed by atoms with Crippen molar-refractivity contribution in [2.24, 2.45) is 5.73 Å². The fourth-order valence-corrected chi connectivity index (χ4v) is 4.22. The second-order valence-corrected chi connectivity index (χ2v) is 9.26. The fourth-order valence-electron chi connectivity index (χ4n) is 4.22. The molecule has 0 fully saturated rings. The van der Waals surface area contributed by atoms with Crippen LogP contribution in [0.2, 0.25) is 0 Å². The highest BCUT2D eigenvalue weighted by molar-refractivity contribution is 5.70. The lowest BCUT2D eigenvalue weighted by Gasteiger charge is -2.13. The maximum atomic E-state index is 13.5. The van der Waals surface area contributed by atoms with Crippen molar-refractivity contribution in [1.82, 2.24) is 14.6 Å². The standard InChI is InChI=1S/C29H25F4N5.CH3NO/c1-18-5-3-4-6-23(18)26-14-27(38-28(37-26)19(2)15-36-38)35-17-21-9-7-20(8-10-21)16-34-22-11-12-25(30)24(13-22)29(31,32)33;2-1-3/h3-15,34-35H,16-17H2,1-2H3;1H,(H2,2,3). The Morgan fingerprint density at radius 2 is 1.54 bits per heavy atom. The van der Waals surface area contributed by atoms with E-state index in [1.54, 1.807) is 10.7 Å². The highest BCUT2D eigenvalue weighted by Gasteiger charge is 2.34. The van der Waals surface area contributed by atoms with Gasteiger partial charge in [-0.05, 0) is 48.7 Å². The van der Waals surface area contributed by atoms with Crippen molar-refractivity contribution in [3.63, 3.8) is 0 Å². The molecule has 0 aliphatic carbocycles. The fraction of sp³-hybridized carbons (Fsp3) is 0.167. The summed E-state index contributed by atoms with van der Waals surface area (Å²) >= 11 is 0. The highest BCUT2D eigenvalue weighted by Crippen LogP contribution is 2.33. The van der Waals surface area contributed by atoms with E-state index in [9.17, 15) is 17.6 Å². The number of rotatable bonds is 7. The van der Waals surface area contributed by atoms with Crippen LogP contribution in [-0.4, -0.2) is 21.0 Å². The number of hydrogen-bond acceptors (Lipinski definition) is 5. The van der Waals surface area contributed by atoms with E-state index >= 15 is 0 Å². The first-order chi connectivity index (χ1) is 19.6. The van der Waals surface area contributed by atoms with Crippen LogP contribution in [0.15, 0.2) is 79.0 Å². The van der Waals surface area contributed by atoms with Crippen LogP contribution in [0.5, 0.6) is 0 Å². The third-order valence-corrected chi connectivity index (χ3v) is 6.33. The molecule has 0 radical (unpaired) electrons. The molecule has 0 unspecified atom stereocenters. The molecular formula is C30H28F4N6O. The Morgan fingerprint density at radius 3 is 2.17 bits per heavy atom. The molecular weight excluding hydrogens is 536 g/mol. The van der Waals surface area contributed by atoms with Crippen molar-refractivity contribution in [2.45, 2.75) is 33.1 Å². The number of aromatic nitrogens is 3. The maximum absolute atomic E-state index is 13.5. The van der Waals surface area contributed by atoms with Gasteiger partial charge in [-0.25, -0.2) is 9.37 Å². The number of hydrogen-bond donors (Lipinski definition) is 3. The average molecular weight is 565 g/mol. The van der Waals surface area contributed by atoms with Gasteiger partial charge >= 0.3 is 6.18 Å². The van der Waals surface area contributed by atoms with Crippen LogP contribution in [0.3, 0.4) is 0 Å². The number of amides is 1. The van der Waals surface area contributed by atoms with Crippen molar-refractivity contribution >= 4 is 23.6 Å². The zero-order valence-corrected chi connectivity index (χ0v) is 22.3. The third kappa shape index (κ3) is 6.99. The van der Waals surface area contributed by atoms with Crippen molar-refractivity contribution < 1.29 is 22.4 Å². The lowest BCUT2D eigenvalue weighted by atomic mass is 10.1. The number of halogens is 4. The molecule has 0 aliphatic rings. The maximum Gasteiger partial charge on any atom is 0.419 e. The Bertz CT molecular complexity index is 1650. The van der Waals surface area contributed by atoms with Crippen LogP contribution in [0.1, 0.15) is 27.8 Å². The first-order valence-corrected chi connectivity index (χ1v) is 12.6. The molecule has 2 heterocycles. The van der Waals surface area contributed by atoms with Crippen molar-refractivity contribution in [2.75, 3.05) is 10.6 Å². The second-order valence-electron chi connectivity index (χ2n) is 9.26. The molecule has 4 N–H and O–H groups in total. The number of nitrogens with one attached hydrogen (secondary N) is 2. The van der Waals surface area contributed by atoms with E-state index < -0.39 is 17.6 Å². The van der Waals surface area contributed by atoms with Crippen LogP contribution < -0.4 is 16.4 Å². The summed E-state index contributed by atoms with van der Waals surface area (Å²) in [5.74, 6) is -0.480. The Hall–Kier alpha value is -4.93. The number of alkyl halides is 3. The molecule has 41 heavy (non-hydrogen) atoms. The number of carbonyl (C=O) groups excluding carboxylic acids is 1. The van der Waals surface area contributed by atoms with E-state index in [2.05, 4.69) is 34.5 Å². The van der Waals surface area contributed by atoms with Crippen LogP contribution in [-0.2, 0) is 24.1 Å². The molecule has 1 amide bonds. The molecule has 0 bridgehead atoms. The zero-order chi connectivity index (χ0) is 29.6. The highest BCUT2D eigenvalue weighted by atomic mass is 19.4. The van der Waals surface area contributed by atoms with Gasteiger partial charge in [0, 0.05) is 36.0 Å². The van der Waals surface area contributed by atoms with E-state index in [4.69, 9.17) is 9.78 Å². The minimum Gasteiger partial charge on any atom is -0.381 e. The van der Waals surface area contributed by atoms with Gasteiger partial charge in [0.05, 0.1) is 17.5 Å². The monoisotopic (exact) mass is 564 g/mol. The largest absolute Gasteiger partial charge is 0.419 e. The first-order valence-electron chi connectivity index (χ1n) is 12.6. The first kappa shape index (κ1) is 29.1. The number of anilines is 2. The summed E-state index contributed by atoms with van der Waals surface area (Å²) in [5, 5.41) is 10.8. The summed E-state index contributed by atoms with van der Waals surface area (Å²) in [4.78, 5) is 13.4. The summed E-state index contributed by atoms with van der Waals surface area (Å²) in [6.45, 7) is 4.86. The smallest absolute Gasteiger partial charge is 0.381 e. The summed E-state index contributed by atoms with van der Waals surface area (Å²) in [7, 11) is 0. The van der Waals surface area contributed by atoms with Gasteiger partial charge in [-0.15, -0.1) is 0 Å². The third-order valence-electron chi connectivity index (χ3n) is 6.33. The van der Waals surface area contributed by atoms with Gasteiger partial charge in [0.2, 0.25) is 6.41 Å². The molecule has 2 aromatic heterocycles. The summed E-state index contributed by atoms with van der Waals surface area (Å²) in [5.41, 5.74) is 9.78. The number of benzene rings is 3. The van der Waals surface area contributed by atoms with E-state index in [1.165, 1.54) is 6.07 Å². The zero-order valence-electron chi connectivity index (χ0n) is 22.3. The van der Waals surface area contributed by atoms with Gasteiger partial charge in [0.25, 0.3) is 0 Å². The van der Waals surface area contributed by atoms with E-state index in [-0.39, 0.29) is 12.1 Å². The topological polar surface area (TPSA) is 97.3 Å². The van der Waals surface area contributed by atoms with Gasteiger partial charge in [-0.2, -0.15) is 22.8 Å². The quantitative estimate of drug-likeness (QED) is 0.155. The molecule has 0 aliphatic heterocycles. The minimum atomic E-state index is -4.74. The number of carbonyl (C=O) groups is 1. The molecule has 5 aromatic rings. The molecule has 11 heteroatoms. The number of primary amides is 1. The average Bonchev–Trinajstić information content (AvgIpc) is 3.32. The summed E-state index contributed by atoms with van der Waals surface area (Å²) in [6.07, 6.45) is -2.71. The van der Waals surface area contributed by atoms with Crippen molar-refractivity contribution in [3.8, 4) is 11.3 Å². The van der Waals surface area contributed by atoms with E-state index in [1.807, 2.05) is 55.5 Å². The lowest BCUT2D eigenvalue weighted by molar-refractivity contribution is -0.139. The van der Waals surface area contributed by atoms with Gasteiger partial charge in [0.15, 0.2) is 5.65 Å². The molecule has 7 nitrogen and oxygen atoms in total. The van der Waals surface area contributed by atoms with Crippen molar-refractivity contribution in [1.29, 1.82) is 0 Å². The van der Waals surface area contributed by atoms with Crippen LogP contribution in [0.4, 0.5) is 29.1 Å². The minimum absolute atomic E-state index is 0.199. The lowest BCUT2D eigenvalue weighted by Crippen LogP contribution is -2.09. The Morgan fingerprint density at radius 1 is 0.902 bits per heavy atom. The molecule has 212 valence electrons. The van der Waals surface area contributed by atoms with E-state index in [0.29, 0.717) is 13.1 Å². The van der Waals surface area contributed by atoms with Crippen LogP contribution in [0, 0.1) is 19.7 Å². The van der Waals surface area contributed by atoms with Gasteiger partial charge in [0.1, 0.15) is 11.6 Å². The SMILES string of the molecule is Cc1ccccc1-c1cc(NCc2ccc(CNc3ccc(F)c(C(F)(F)F)c3)cc2)n2ncc(C)c2n1.NC=O. The molecule has 0 spiro atoms. The Balaban J connectivity index is 0.00000124. The van der Waals surface area contributed by atoms with Gasteiger partial charge < -0.3 is 16.4 Å². The molecule has 3 aromatic carbocycles. The summed E-state index contributed by atoms with van der Waals surface area (Å²) in [6, 6.07) is 20.7. The number of nitrogens with two attached hydrogens (primary N) is 1. The molecule has 5 rings (SSSR count). The Labute approximate surface area is 234 Å². The molecule has 0 atom stereocenters. The second kappa shape index (κ2) is 12.5. The number of aryl methyl sites for hydroxylation is 2. The molecule has 0 saturated heterocycles. The normalized spacial score (nSPS) is 11.1. The van der Waals surface area contributed by atoms with Crippen LogP contribution >= 0.6 is 0 Å². The van der Waals surface area contributed by atoms with Crippen molar-refractivity contribution in [3.05, 3.63) is 113 Å². The predicted octanol–water partition coefficient (Wildman–Crippen LogP) is 6.50. The molecule has 0 saturated carbocycles. The Kier molecular flexibility index (Phi) is 8.86. The number of fused-ring (bicyclic) bond motifs is 1. The van der Waals surface area contributed by atoms with Gasteiger partial charge in [-0.3, -0.25) is 4.79 Å². The predicted molar refractivity (Wildman–Crippen MR) is 151 cm³/mol. The summed E-state index contributed by atoms with van der Waals surface area (Å²) < 4.78 is 54.2. The van der Waals surface area contributed by atoms with E-state index in [0.717, 1.165) is 57.1 Å². The van der Waals surface area contributed by atoms with Crippen LogP contribution in [0.25, 0.3) is 16.9 Å². The van der Waals surface area contributed by atoms with Gasteiger partial charge in [-0.1, -0.05) is 48.5 Å².